The van der Waals surface area contributed by atoms with Crippen LogP contribution in [0, 0.1) is 0 Å². The fourth-order valence-corrected chi connectivity index (χ4v) is 0.786. The van der Waals surface area contributed by atoms with Gasteiger partial charge in [0.25, 0.3) is 0 Å². The first-order valence-corrected chi connectivity index (χ1v) is 4.09. The second-order valence-corrected chi connectivity index (χ2v) is 3.71. The molecule has 0 aliphatic heterocycles. The molecule has 0 rings (SSSR count). The average molecular weight is 158 g/mol. The van der Waals surface area contributed by atoms with E-state index in [0.29, 0.717) is 0 Å². The molecular weight excluding hydrogens is 138 g/mol. The lowest BCUT2D eigenvalue weighted by atomic mass is 10.4. The zero-order valence-corrected chi connectivity index (χ0v) is 8.13. The summed E-state index contributed by atoms with van der Waals surface area (Å²) in [5, 5.41) is 0. The van der Waals surface area contributed by atoms with Crippen LogP contribution in [0.1, 0.15) is 13.3 Å². The zero-order chi connectivity index (χ0) is 8.74. The van der Waals surface area contributed by atoms with Gasteiger partial charge in [0.2, 0.25) is 0 Å². The van der Waals surface area contributed by atoms with Crippen molar-refractivity contribution in [2.45, 2.75) is 13.3 Å². The lowest BCUT2D eigenvalue weighted by molar-refractivity contribution is -0.870. The summed E-state index contributed by atoms with van der Waals surface area (Å²) in [6, 6.07) is 0. The Labute approximate surface area is 70.1 Å². The number of quaternary nitrogens is 1. The van der Waals surface area contributed by atoms with Gasteiger partial charge in [-0.2, -0.15) is 0 Å². The lowest BCUT2D eigenvalue weighted by Gasteiger charge is -2.23. The highest BCUT2D eigenvalue weighted by atomic mass is 16.5. The molecule has 0 saturated carbocycles. The van der Waals surface area contributed by atoms with E-state index in [9.17, 15) is 0 Å². The van der Waals surface area contributed by atoms with Gasteiger partial charge in [0, 0.05) is 6.42 Å². The molecule has 0 atom stereocenters. The summed E-state index contributed by atoms with van der Waals surface area (Å²) < 4.78 is 6.20. The van der Waals surface area contributed by atoms with E-state index >= 15 is 0 Å². The van der Waals surface area contributed by atoms with E-state index in [1.54, 1.807) is 6.26 Å². The third kappa shape index (κ3) is 9.50. The summed E-state index contributed by atoms with van der Waals surface area (Å²) in [6.07, 6.45) is 4.77. The van der Waals surface area contributed by atoms with E-state index < -0.39 is 0 Å². The number of rotatable bonds is 5. The standard InChI is InChI=1S/C9H20NO/c1-5-8-11-9-6-7-10(2,3)4/h5,8H,6-7,9H2,1-4H3/q+1. The summed E-state index contributed by atoms with van der Waals surface area (Å²) >= 11 is 0. The van der Waals surface area contributed by atoms with Crippen LogP contribution < -0.4 is 0 Å². The van der Waals surface area contributed by atoms with Crippen molar-refractivity contribution in [2.24, 2.45) is 0 Å². The fraction of sp³-hybridized carbons (Fsp3) is 0.778. The van der Waals surface area contributed by atoms with Crippen molar-refractivity contribution in [2.75, 3.05) is 34.3 Å². The van der Waals surface area contributed by atoms with Crippen molar-refractivity contribution in [1.82, 2.24) is 0 Å². The Bertz CT molecular complexity index is 113. The van der Waals surface area contributed by atoms with Crippen LogP contribution in [-0.2, 0) is 4.74 Å². The molecule has 0 amide bonds. The second-order valence-electron chi connectivity index (χ2n) is 3.71. The van der Waals surface area contributed by atoms with Gasteiger partial charge in [-0.25, -0.2) is 0 Å². The van der Waals surface area contributed by atoms with E-state index in [-0.39, 0.29) is 0 Å². The van der Waals surface area contributed by atoms with Crippen molar-refractivity contribution in [3.8, 4) is 0 Å². The minimum Gasteiger partial charge on any atom is -0.501 e. The average Bonchev–Trinajstić information content (AvgIpc) is 1.85. The van der Waals surface area contributed by atoms with E-state index in [1.807, 2.05) is 13.0 Å². The Hall–Kier alpha value is -0.500. The van der Waals surface area contributed by atoms with Crippen LogP contribution in [0.2, 0.25) is 0 Å². The molecule has 2 nitrogen and oxygen atoms in total. The third-order valence-corrected chi connectivity index (χ3v) is 1.32. The molecule has 0 spiro atoms. The maximum atomic E-state index is 5.19. The van der Waals surface area contributed by atoms with Gasteiger partial charge in [-0.1, -0.05) is 6.08 Å². The highest BCUT2D eigenvalue weighted by Crippen LogP contribution is 1.93. The predicted octanol–water partition coefficient (Wildman–Crippen LogP) is 1.63. The van der Waals surface area contributed by atoms with Gasteiger partial charge in [-0.3, -0.25) is 0 Å². The Morgan fingerprint density at radius 3 is 2.36 bits per heavy atom. The second kappa shape index (κ2) is 5.19. The van der Waals surface area contributed by atoms with Crippen molar-refractivity contribution in [3.63, 3.8) is 0 Å². The highest BCUT2D eigenvalue weighted by Gasteiger charge is 2.04. The number of hydrogen-bond acceptors (Lipinski definition) is 1. The van der Waals surface area contributed by atoms with Crippen LogP contribution in [0.3, 0.4) is 0 Å². The SMILES string of the molecule is CC=COCCC[N+](C)(C)C. The molecule has 0 aromatic heterocycles. The van der Waals surface area contributed by atoms with Crippen LogP contribution in [0.25, 0.3) is 0 Å². The highest BCUT2D eigenvalue weighted by molar-refractivity contribution is 4.64. The maximum absolute atomic E-state index is 5.19. The van der Waals surface area contributed by atoms with Crippen molar-refractivity contribution < 1.29 is 9.22 Å². The first-order valence-electron chi connectivity index (χ1n) is 4.09. The molecule has 66 valence electrons. The smallest absolute Gasteiger partial charge is 0.0926 e. The molecule has 0 aliphatic carbocycles. The predicted molar refractivity (Wildman–Crippen MR) is 48.3 cm³/mol. The van der Waals surface area contributed by atoms with E-state index in [4.69, 9.17) is 4.74 Å². The summed E-state index contributed by atoms with van der Waals surface area (Å²) in [4.78, 5) is 0. The van der Waals surface area contributed by atoms with Gasteiger partial charge < -0.3 is 9.22 Å². The molecule has 0 bridgehead atoms. The quantitative estimate of drug-likeness (QED) is 0.336. The normalized spacial score (nSPS) is 12.4. The molecule has 0 unspecified atom stereocenters. The molecule has 0 radical (unpaired) electrons. The first-order chi connectivity index (χ1) is 5.06. The third-order valence-electron chi connectivity index (χ3n) is 1.32. The van der Waals surface area contributed by atoms with E-state index in [2.05, 4.69) is 21.1 Å². The van der Waals surface area contributed by atoms with Crippen LogP contribution in [0.15, 0.2) is 12.3 Å². The number of hydrogen-bond donors (Lipinski definition) is 0. The molecular formula is C9H20NO+. The number of nitrogens with zero attached hydrogens (tertiary/aromatic N) is 1. The minimum atomic E-state index is 0.833. The lowest BCUT2D eigenvalue weighted by Crippen LogP contribution is -2.35. The van der Waals surface area contributed by atoms with Crippen LogP contribution in [-0.4, -0.2) is 38.8 Å². The summed E-state index contributed by atoms with van der Waals surface area (Å²) in [7, 11) is 6.57. The maximum Gasteiger partial charge on any atom is 0.0926 e. The fourth-order valence-electron chi connectivity index (χ4n) is 0.786. The Morgan fingerprint density at radius 1 is 1.27 bits per heavy atom. The monoisotopic (exact) mass is 158 g/mol. The molecule has 0 saturated heterocycles. The minimum absolute atomic E-state index is 0.833. The molecule has 0 N–H and O–H groups in total. The molecule has 0 aromatic rings. The van der Waals surface area contributed by atoms with Crippen LogP contribution in [0.4, 0.5) is 0 Å². The molecule has 0 aliphatic rings. The van der Waals surface area contributed by atoms with Crippen molar-refractivity contribution in [3.05, 3.63) is 12.3 Å². The Morgan fingerprint density at radius 2 is 1.91 bits per heavy atom. The van der Waals surface area contributed by atoms with Crippen LogP contribution >= 0.6 is 0 Å². The van der Waals surface area contributed by atoms with Crippen molar-refractivity contribution in [1.29, 1.82) is 0 Å². The van der Waals surface area contributed by atoms with Gasteiger partial charge in [-0.15, -0.1) is 0 Å². The van der Waals surface area contributed by atoms with E-state index in [0.717, 1.165) is 24.1 Å². The summed E-state index contributed by atoms with van der Waals surface area (Å²) in [5.41, 5.74) is 0. The Balaban J connectivity index is 3.15. The first kappa shape index (κ1) is 10.5. The van der Waals surface area contributed by atoms with E-state index in [1.165, 1.54) is 0 Å². The molecule has 0 heterocycles. The topological polar surface area (TPSA) is 9.23 Å². The van der Waals surface area contributed by atoms with Gasteiger partial charge in [-0.05, 0) is 6.92 Å². The van der Waals surface area contributed by atoms with Gasteiger partial charge in [0.05, 0.1) is 40.6 Å². The summed E-state index contributed by atoms with van der Waals surface area (Å²) in [6.45, 7) is 3.96. The van der Waals surface area contributed by atoms with Crippen LogP contribution in [0.5, 0.6) is 0 Å². The molecule has 11 heavy (non-hydrogen) atoms. The van der Waals surface area contributed by atoms with Gasteiger partial charge in [0.15, 0.2) is 0 Å². The van der Waals surface area contributed by atoms with Gasteiger partial charge >= 0.3 is 0 Å². The Kier molecular flexibility index (Phi) is 4.95. The molecule has 0 fully saturated rings. The molecule has 2 heteroatoms. The largest absolute Gasteiger partial charge is 0.501 e. The molecule has 0 aromatic carbocycles. The van der Waals surface area contributed by atoms with Crippen molar-refractivity contribution >= 4 is 0 Å². The number of ether oxygens (including phenoxy) is 1. The number of allylic oxidation sites excluding steroid dienone is 1. The summed E-state index contributed by atoms with van der Waals surface area (Å²) in [5.74, 6) is 0. The zero-order valence-electron chi connectivity index (χ0n) is 8.13. The van der Waals surface area contributed by atoms with Gasteiger partial charge in [0.1, 0.15) is 0 Å².